The molecule has 1 aliphatic heterocycles. The van der Waals surface area contributed by atoms with E-state index in [-0.39, 0.29) is 5.82 Å². The Balaban J connectivity index is 0.997. The van der Waals surface area contributed by atoms with Crippen LogP contribution >= 0.6 is 0 Å². The predicted molar refractivity (Wildman–Crippen MR) is 257 cm³/mol. The van der Waals surface area contributed by atoms with E-state index in [1.807, 2.05) is 12.1 Å². The molecule has 0 amide bonds. The first-order valence-corrected chi connectivity index (χ1v) is 21.0. The third kappa shape index (κ3) is 5.80. The monoisotopic (exact) mass is 795 g/mol. The molecule has 0 unspecified atom stereocenters. The molecule has 0 N–H and O–H groups in total. The molecule has 4 heteroatoms. The van der Waals surface area contributed by atoms with Gasteiger partial charge in [-0.2, -0.15) is 0 Å². The van der Waals surface area contributed by atoms with Gasteiger partial charge in [0.05, 0.1) is 22.4 Å². The fourth-order valence-electron chi connectivity index (χ4n) is 9.57. The van der Waals surface area contributed by atoms with Crippen LogP contribution in [0, 0.1) is 5.82 Å². The highest BCUT2D eigenvalue weighted by Crippen LogP contribution is 2.52. The summed E-state index contributed by atoms with van der Waals surface area (Å²) in [6.45, 7) is 0. The number of hydrogen-bond donors (Lipinski definition) is 0. The number of fused-ring (bicyclic) bond motifs is 5. The second kappa shape index (κ2) is 14.5. The Morgan fingerprint density at radius 3 is 1.69 bits per heavy atom. The third-order valence-corrected chi connectivity index (χ3v) is 12.4. The second-order valence-corrected chi connectivity index (χ2v) is 15.9. The van der Waals surface area contributed by atoms with Crippen LogP contribution in [0.5, 0.6) is 0 Å². The minimum absolute atomic E-state index is 0.249. The second-order valence-electron chi connectivity index (χ2n) is 15.9. The maximum atomic E-state index is 14.1. The van der Waals surface area contributed by atoms with Crippen molar-refractivity contribution in [1.29, 1.82) is 0 Å². The van der Waals surface area contributed by atoms with Crippen molar-refractivity contribution in [3.05, 3.63) is 236 Å². The zero-order valence-electron chi connectivity index (χ0n) is 33.7. The van der Waals surface area contributed by atoms with E-state index in [1.54, 1.807) is 0 Å². The Morgan fingerprint density at radius 1 is 0.339 bits per heavy atom. The van der Waals surface area contributed by atoms with E-state index in [1.165, 1.54) is 62.1 Å². The van der Waals surface area contributed by atoms with E-state index < -0.39 is 0 Å². The van der Waals surface area contributed by atoms with Crippen molar-refractivity contribution in [2.45, 2.75) is 0 Å². The first-order valence-electron chi connectivity index (χ1n) is 21.0. The molecule has 10 aromatic carbocycles. The molecule has 62 heavy (non-hydrogen) atoms. The normalized spacial score (nSPS) is 11.9. The highest BCUT2D eigenvalue weighted by molar-refractivity contribution is 6.17. The summed E-state index contributed by atoms with van der Waals surface area (Å²) in [7, 11) is 0. The standard InChI is InChI=1S/C58H38FN3/c59-42-26-32-46(33-27-42)61-55-20-10-8-17-50(55)53-38-47(34-37-56(53)61)60(44-28-22-40(23-29-44)39-12-3-1-4-13-39)45-30-24-41(25-31-45)48-35-36-52-49-16-7-9-19-54(49)62(43-14-5-2-6-15-43)57-21-11-18-51(48)58(52)57/h1-38H. The van der Waals surface area contributed by atoms with E-state index in [0.717, 1.165) is 55.8 Å². The zero-order chi connectivity index (χ0) is 41.1. The molecule has 12 rings (SSSR count). The van der Waals surface area contributed by atoms with Gasteiger partial charge >= 0.3 is 0 Å². The first kappa shape index (κ1) is 35.7. The van der Waals surface area contributed by atoms with Crippen LogP contribution in [0.2, 0.25) is 0 Å². The van der Waals surface area contributed by atoms with Crippen molar-refractivity contribution in [3.8, 4) is 39.1 Å². The Hall–Kier alpha value is -8.21. The quantitative estimate of drug-likeness (QED) is 0.159. The van der Waals surface area contributed by atoms with Crippen molar-refractivity contribution >= 4 is 66.7 Å². The lowest BCUT2D eigenvalue weighted by Crippen LogP contribution is -2.14. The van der Waals surface area contributed by atoms with Gasteiger partial charge in [0.25, 0.3) is 0 Å². The summed E-state index contributed by atoms with van der Waals surface area (Å²) in [5.74, 6) is -0.249. The lowest BCUT2D eigenvalue weighted by Gasteiger charge is -2.34. The molecule has 0 spiro atoms. The molecule has 3 nitrogen and oxygen atoms in total. The van der Waals surface area contributed by atoms with Crippen molar-refractivity contribution in [1.82, 2.24) is 4.57 Å². The van der Waals surface area contributed by atoms with E-state index >= 15 is 0 Å². The Bertz CT molecular complexity index is 3450. The summed E-state index contributed by atoms with van der Waals surface area (Å²) in [4.78, 5) is 4.74. The summed E-state index contributed by atoms with van der Waals surface area (Å²) in [6, 6.07) is 80.9. The number of para-hydroxylation sites is 3. The van der Waals surface area contributed by atoms with Gasteiger partial charge in [-0.25, -0.2) is 4.39 Å². The number of rotatable bonds is 7. The Morgan fingerprint density at radius 2 is 0.919 bits per heavy atom. The highest BCUT2D eigenvalue weighted by atomic mass is 19.1. The van der Waals surface area contributed by atoms with Crippen LogP contribution in [0.3, 0.4) is 0 Å². The summed E-state index contributed by atoms with van der Waals surface area (Å²) in [6.07, 6.45) is 0. The molecular formula is C58H38FN3. The van der Waals surface area contributed by atoms with Gasteiger partial charge in [-0.1, -0.05) is 133 Å². The molecule has 2 heterocycles. The van der Waals surface area contributed by atoms with Crippen LogP contribution in [0.15, 0.2) is 231 Å². The van der Waals surface area contributed by atoms with Crippen LogP contribution in [-0.4, -0.2) is 4.57 Å². The van der Waals surface area contributed by atoms with Gasteiger partial charge in [-0.3, -0.25) is 0 Å². The van der Waals surface area contributed by atoms with Gasteiger partial charge in [0.2, 0.25) is 0 Å². The number of anilines is 6. The van der Waals surface area contributed by atoms with Crippen molar-refractivity contribution in [2.24, 2.45) is 0 Å². The van der Waals surface area contributed by atoms with Crippen molar-refractivity contribution in [3.63, 3.8) is 0 Å². The molecule has 0 radical (unpaired) electrons. The Labute approximate surface area is 359 Å². The van der Waals surface area contributed by atoms with Gasteiger partial charge in [0.15, 0.2) is 0 Å². The minimum Gasteiger partial charge on any atom is -0.310 e. The fraction of sp³-hybridized carbons (Fsp3) is 0. The first-order chi connectivity index (χ1) is 30.7. The molecular weight excluding hydrogens is 758 g/mol. The van der Waals surface area contributed by atoms with Gasteiger partial charge < -0.3 is 14.4 Å². The van der Waals surface area contributed by atoms with Gasteiger partial charge in [-0.05, 0) is 130 Å². The summed E-state index contributed by atoms with van der Waals surface area (Å²) in [5.41, 5.74) is 16.9. The predicted octanol–water partition coefficient (Wildman–Crippen LogP) is 16.3. The minimum atomic E-state index is -0.249. The van der Waals surface area contributed by atoms with E-state index in [0.29, 0.717) is 0 Å². The SMILES string of the molecule is Fc1ccc(-n2c3ccccc3c3cc(N(c4ccc(-c5ccccc5)cc4)c4ccc(-c5ccc6c7c(cccc57)N(c5ccccc5)c5ccccc5-6)cc4)ccc32)cc1. The topological polar surface area (TPSA) is 11.4 Å². The molecule has 1 aromatic heterocycles. The maximum absolute atomic E-state index is 14.1. The molecule has 292 valence electrons. The average Bonchev–Trinajstić information content (AvgIpc) is 3.67. The van der Waals surface area contributed by atoms with Gasteiger partial charge in [0.1, 0.15) is 5.82 Å². The van der Waals surface area contributed by atoms with Crippen LogP contribution in [0.25, 0.3) is 71.6 Å². The molecule has 0 saturated heterocycles. The number of benzene rings is 10. The van der Waals surface area contributed by atoms with Gasteiger partial charge in [0, 0.05) is 50.2 Å². The maximum Gasteiger partial charge on any atom is 0.123 e. The van der Waals surface area contributed by atoms with Crippen LogP contribution in [0.1, 0.15) is 0 Å². The molecule has 11 aromatic rings. The van der Waals surface area contributed by atoms with Crippen LogP contribution in [0.4, 0.5) is 38.5 Å². The summed E-state index contributed by atoms with van der Waals surface area (Å²) < 4.78 is 16.3. The smallest absolute Gasteiger partial charge is 0.123 e. The summed E-state index contributed by atoms with van der Waals surface area (Å²) >= 11 is 0. The fourth-order valence-corrected chi connectivity index (χ4v) is 9.57. The van der Waals surface area contributed by atoms with Crippen molar-refractivity contribution in [2.75, 3.05) is 9.80 Å². The molecule has 0 saturated carbocycles. The molecule has 0 fully saturated rings. The van der Waals surface area contributed by atoms with E-state index in [2.05, 4.69) is 221 Å². The van der Waals surface area contributed by atoms with E-state index in [4.69, 9.17) is 0 Å². The summed E-state index contributed by atoms with van der Waals surface area (Å²) in [5, 5.41) is 4.74. The molecule has 0 bridgehead atoms. The molecule has 1 aliphatic rings. The van der Waals surface area contributed by atoms with E-state index in [9.17, 15) is 4.39 Å². The van der Waals surface area contributed by atoms with Crippen LogP contribution < -0.4 is 9.80 Å². The number of halogens is 1. The largest absolute Gasteiger partial charge is 0.310 e. The number of nitrogens with zero attached hydrogens (tertiary/aromatic N) is 3. The average molecular weight is 796 g/mol. The third-order valence-electron chi connectivity index (χ3n) is 12.4. The number of hydrogen-bond acceptors (Lipinski definition) is 2. The van der Waals surface area contributed by atoms with Gasteiger partial charge in [-0.15, -0.1) is 0 Å². The van der Waals surface area contributed by atoms with Crippen LogP contribution in [-0.2, 0) is 0 Å². The molecule has 0 atom stereocenters. The highest BCUT2D eigenvalue weighted by Gasteiger charge is 2.27. The lowest BCUT2D eigenvalue weighted by molar-refractivity contribution is 0.627. The molecule has 0 aliphatic carbocycles. The number of aromatic nitrogens is 1. The van der Waals surface area contributed by atoms with Crippen molar-refractivity contribution < 1.29 is 4.39 Å². The lowest BCUT2D eigenvalue weighted by atomic mass is 9.87. The Kier molecular flexibility index (Phi) is 8.36. The zero-order valence-corrected chi connectivity index (χ0v) is 33.7.